The Kier molecular flexibility index (Phi) is 7.83. The summed E-state index contributed by atoms with van der Waals surface area (Å²) >= 11 is 0. The van der Waals surface area contributed by atoms with E-state index >= 15 is 0 Å². The summed E-state index contributed by atoms with van der Waals surface area (Å²) in [7, 11) is -7.45. The summed E-state index contributed by atoms with van der Waals surface area (Å²) in [5.41, 5.74) is 0. The fraction of sp³-hybridized carbons (Fsp3) is 0.632. The molecule has 0 bridgehead atoms. The third kappa shape index (κ3) is 5.36. The van der Waals surface area contributed by atoms with Crippen molar-refractivity contribution in [2.75, 3.05) is 26.2 Å². The SMILES string of the molecule is CCN(CC)S(=O)(=O)c1ccc(S(=O)(=O)N2CCC[C@H](C(=O)NC(C)C)C2)cc1. The number of benzene rings is 1. The normalized spacial score (nSPS) is 18.9. The van der Waals surface area contributed by atoms with Gasteiger partial charge in [0.05, 0.1) is 15.7 Å². The lowest BCUT2D eigenvalue weighted by molar-refractivity contribution is -0.126. The maximum Gasteiger partial charge on any atom is 0.243 e. The fourth-order valence-electron chi connectivity index (χ4n) is 3.42. The summed E-state index contributed by atoms with van der Waals surface area (Å²) in [5.74, 6) is -0.524. The third-order valence-corrected chi connectivity index (χ3v) is 8.93. The molecule has 1 aliphatic rings. The summed E-state index contributed by atoms with van der Waals surface area (Å²) in [6.45, 7) is 8.38. The maximum absolute atomic E-state index is 13.0. The summed E-state index contributed by atoms with van der Waals surface area (Å²) in [6.07, 6.45) is 1.25. The Morgan fingerprint density at radius 2 is 1.66 bits per heavy atom. The second-order valence-electron chi connectivity index (χ2n) is 7.43. The average Bonchev–Trinajstić information content (AvgIpc) is 2.68. The molecule has 0 unspecified atom stereocenters. The smallest absolute Gasteiger partial charge is 0.243 e. The van der Waals surface area contributed by atoms with Crippen molar-refractivity contribution in [1.82, 2.24) is 13.9 Å². The van der Waals surface area contributed by atoms with Gasteiger partial charge in [-0.15, -0.1) is 0 Å². The molecule has 29 heavy (non-hydrogen) atoms. The van der Waals surface area contributed by atoms with Crippen LogP contribution in [0, 0.1) is 5.92 Å². The molecule has 1 heterocycles. The number of nitrogens with one attached hydrogen (secondary N) is 1. The summed E-state index contributed by atoms with van der Waals surface area (Å²) < 4.78 is 53.8. The number of carbonyl (C=O) groups is 1. The van der Waals surface area contributed by atoms with Gasteiger partial charge in [-0.25, -0.2) is 16.8 Å². The highest BCUT2D eigenvalue weighted by molar-refractivity contribution is 7.89. The van der Waals surface area contributed by atoms with Crippen LogP contribution in [0.3, 0.4) is 0 Å². The largest absolute Gasteiger partial charge is 0.354 e. The second kappa shape index (κ2) is 9.55. The maximum atomic E-state index is 13.0. The van der Waals surface area contributed by atoms with Crippen LogP contribution in [-0.4, -0.2) is 63.6 Å². The molecule has 8 nitrogen and oxygen atoms in total. The van der Waals surface area contributed by atoms with Crippen LogP contribution in [0.5, 0.6) is 0 Å². The Hall–Kier alpha value is -1.49. The van der Waals surface area contributed by atoms with Crippen molar-refractivity contribution < 1.29 is 21.6 Å². The van der Waals surface area contributed by atoms with Crippen molar-refractivity contribution in [1.29, 1.82) is 0 Å². The first-order chi connectivity index (χ1) is 13.5. The minimum atomic E-state index is -3.81. The number of rotatable bonds is 8. The molecule has 2 rings (SSSR count). The van der Waals surface area contributed by atoms with Crippen LogP contribution in [0.4, 0.5) is 0 Å². The van der Waals surface area contributed by atoms with Gasteiger partial charge in [0.1, 0.15) is 0 Å². The Balaban J connectivity index is 2.22. The lowest BCUT2D eigenvalue weighted by Crippen LogP contribution is -2.46. The van der Waals surface area contributed by atoms with E-state index in [0.29, 0.717) is 32.5 Å². The Labute approximate surface area is 174 Å². The zero-order valence-electron chi connectivity index (χ0n) is 17.5. The first-order valence-corrected chi connectivity index (χ1v) is 12.8. The molecule has 1 amide bonds. The van der Waals surface area contributed by atoms with Gasteiger partial charge in [-0.05, 0) is 51.0 Å². The van der Waals surface area contributed by atoms with Crippen LogP contribution >= 0.6 is 0 Å². The molecule has 1 aromatic carbocycles. The minimum Gasteiger partial charge on any atom is -0.354 e. The monoisotopic (exact) mass is 445 g/mol. The van der Waals surface area contributed by atoms with Crippen molar-refractivity contribution in [3.05, 3.63) is 24.3 Å². The van der Waals surface area contributed by atoms with E-state index in [1.165, 1.54) is 32.9 Å². The van der Waals surface area contributed by atoms with E-state index < -0.39 is 20.0 Å². The molecule has 1 atom stereocenters. The fourth-order valence-corrected chi connectivity index (χ4v) is 6.40. The van der Waals surface area contributed by atoms with E-state index in [1.807, 2.05) is 13.8 Å². The zero-order chi connectivity index (χ0) is 21.8. The minimum absolute atomic E-state index is 0.00483. The molecule has 10 heteroatoms. The second-order valence-corrected chi connectivity index (χ2v) is 11.3. The van der Waals surface area contributed by atoms with E-state index in [-0.39, 0.29) is 34.2 Å². The van der Waals surface area contributed by atoms with Gasteiger partial charge in [0, 0.05) is 32.2 Å². The molecule has 1 aromatic rings. The van der Waals surface area contributed by atoms with Crippen LogP contribution in [0.1, 0.15) is 40.5 Å². The van der Waals surface area contributed by atoms with Crippen molar-refractivity contribution in [3.63, 3.8) is 0 Å². The van der Waals surface area contributed by atoms with E-state index in [9.17, 15) is 21.6 Å². The van der Waals surface area contributed by atoms with E-state index in [4.69, 9.17) is 0 Å². The lowest BCUT2D eigenvalue weighted by Gasteiger charge is -2.31. The first-order valence-electron chi connectivity index (χ1n) is 9.94. The molecule has 1 fully saturated rings. The highest BCUT2D eigenvalue weighted by atomic mass is 32.2. The Morgan fingerprint density at radius 3 is 2.17 bits per heavy atom. The number of sulfonamides is 2. The van der Waals surface area contributed by atoms with Gasteiger partial charge in [-0.2, -0.15) is 8.61 Å². The van der Waals surface area contributed by atoms with Crippen LogP contribution in [0.2, 0.25) is 0 Å². The number of carbonyl (C=O) groups excluding carboxylic acids is 1. The standard InChI is InChI=1S/C19H31N3O5S2/c1-5-21(6-2)28(24,25)17-9-11-18(12-10-17)29(26,27)22-13-7-8-16(14-22)19(23)20-15(3)4/h9-12,15-16H,5-8,13-14H2,1-4H3,(H,20,23)/t16-/m0/s1. The van der Waals surface area contributed by atoms with Crippen LogP contribution < -0.4 is 5.32 Å². The van der Waals surface area contributed by atoms with Crippen LogP contribution in [0.25, 0.3) is 0 Å². The predicted molar refractivity (Wildman–Crippen MR) is 111 cm³/mol. The van der Waals surface area contributed by atoms with Gasteiger partial charge < -0.3 is 5.32 Å². The van der Waals surface area contributed by atoms with Gasteiger partial charge in [0.25, 0.3) is 0 Å². The van der Waals surface area contributed by atoms with Gasteiger partial charge in [0.2, 0.25) is 26.0 Å². The highest BCUT2D eigenvalue weighted by Crippen LogP contribution is 2.25. The topological polar surface area (TPSA) is 104 Å². The van der Waals surface area contributed by atoms with Gasteiger partial charge in [-0.1, -0.05) is 13.8 Å². The molecule has 1 aliphatic heterocycles. The van der Waals surface area contributed by atoms with Crippen molar-refractivity contribution in [2.45, 2.75) is 56.4 Å². The molecule has 0 saturated carbocycles. The molecule has 1 saturated heterocycles. The van der Waals surface area contributed by atoms with E-state index in [2.05, 4.69) is 5.32 Å². The quantitative estimate of drug-likeness (QED) is 0.655. The van der Waals surface area contributed by atoms with Crippen LogP contribution in [0.15, 0.2) is 34.1 Å². The molecule has 0 spiro atoms. The summed E-state index contributed by atoms with van der Waals surface area (Å²) in [6, 6.07) is 5.29. The van der Waals surface area contributed by atoms with Crippen molar-refractivity contribution in [2.24, 2.45) is 5.92 Å². The highest BCUT2D eigenvalue weighted by Gasteiger charge is 2.33. The number of nitrogens with zero attached hydrogens (tertiary/aromatic N) is 2. The van der Waals surface area contributed by atoms with E-state index in [0.717, 1.165) is 0 Å². The molecular formula is C19H31N3O5S2. The average molecular weight is 446 g/mol. The zero-order valence-corrected chi connectivity index (χ0v) is 19.1. The van der Waals surface area contributed by atoms with E-state index in [1.54, 1.807) is 13.8 Å². The van der Waals surface area contributed by atoms with Crippen molar-refractivity contribution in [3.8, 4) is 0 Å². The van der Waals surface area contributed by atoms with Crippen molar-refractivity contribution >= 4 is 26.0 Å². The molecule has 0 aromatic heterocycles. The molecule has 0 aliphatic carbocycles. The molecular weight excluding hydrogens is 414 g/mol. The number of hydrogen-bond donors (Lipinski definition) is 1. The predicted octanol–water partition coefficient (Wildman–Crippen LogP) is 1.64. The van der Waals surface area contributed by atoms with Crippen LogP contribution in [-0.2, 0) is 24.8 Å². The summed E-state index contributed by atoms with van der Waals surface area (Å²) in [5, 5.41) is 2.84. The third-order valence-electron chi connectivity index (χ3n) is 4.99. The number of hydrogen-bond acceptors (Lipinski definition) is 5. The first kappa shape index (κ1) is 23.8. The van der Waals surface area contributed by atoms with Gasteiger partial charge in [0.15, 0.2) is 0 Å². The molecule has 164 valence electrons. The Bertz CT molecular complexity index is 908. The molecule has 1 N–H and O–H groups in total. The lowest BCUT2D eigenvalue weighted by atomic mass is 9.98. The van der Waals surface area contributed by atoms with Gasteiger partial charge >= 0.3 is 0 Å². The summed E-state index contributed by atoms with van der Waals surface area (Å²) in [4.78, 5) is 12.4. The molecule has 0 radical (unpaired) electrons. The number of piperidine rings is 1. The number of amides is 1. The van der Waals surface area contributed by atoms with Gasteiger partial charge in [-0.3, -0.25) is 4.79 Å². The Morgan fingerprint density at radius 1 is 1.10 bits per heavy atom.